The number of aryl methyl sites for hydroxylation is 1. The summed E-state index contributed by atoms with van der Waals surface area (Å²) < 4.78 is 31.3. The Balaban J connectivity index is 0.000000218. The fourth-order valence-corrected chi connectivity index (χ4v) is 5.13. The Hall–Kier alpha value is -3.68. The Morgan fingerprint density at radius 2 is 1.65 bits per heavy atom. The van der Waals surface area contributed by atoms with E-state index in [4.69, 9.17) is 9.54 Å². The van der Waals surface area contributed by atoms with Crippen molar-refractivity contribution in [2.24, 2.45) is 7.05 Å². The molecule has 0 fully saturated rings. The number of hydrogen-bond donors (Lipinski definition) is 1. The zero-order valence-corrected chi connectivity index (χ0v) is 22.8. The number of pyridine rings is 2. The van der Waals surface area contributed by atoms with Gasteiger partial charge in [0.2, 0.25) is 0 Å². The fourth-order valence-electron chi connectivity index (χ4n) is 4.68. The largest absolute Gasteiger partial charge is 0.383 e. The Morgan fingerprint density at radius 3 is 2.41 bits per heavy atom. The maximum absolute atomic E-state index is 10.3. The molecule has 0 atom stereocenters. The molecule has 185 valence electrons. The van der Waals surface area contributed by atoms with E-state index in [1.54, 1.807) is 6.07 Å². The zero-order chi connectivity index (χ0) is 24.9. The van der Waals surface area contributed by atoms with Gasteiger partial charge in [0.1, 0.15) is 0 Å². The van der Waals surface area contributed by atoms with E-state index < -0.39 is 10.1 Å². The Labute approximate surface area is 227 Å². The van der Waals surface area contributed by atoms with E-state index in [9.17, 15) is 8.42 Å². The van der Waals surface area contributed by atoms with Crippen molar-refractivity contribution in [3.05, 3.63) is 102 Å². The Morgan fingerprint density at radius 1 is 0.865 bits per heavy atom. The third kappa shape index (κ3) is 4.49. The first-order valence-electron chi connectivity index (χ1n) is 11.3. The van der Waals surface area contributed by atoms with Crippen LogP contribution in [-0.2, 0) is 37.3 Å². The molecule has 1 aliphatic rings. The van der Waals surface area contributed by atoms with E-state index in [0.717, 1.165) is 16.8 Å². The van der Waals surface area contributed by atoms with Crippen LogP contribution >= 0.6 is 0 Å². The summed E-state index contributed by atoms with van der Waals surface area (Å²) >= 11 is 0. The van der Waals surface area contributed by atoms with Crippen LogP contribution in [0.2, 0.25) is 0 Å². The maximum atomic E-state index is 10.3. The van der Waals surface area contributed by atoms with Crippen LogP contribution in [0.25, 0.3) is 56.1 Å². The third-order valence-electron chi connectivity index (χ3n) is 6.36. The standard InChI is InChI=1S/C24H15N2.C5H5NO3S.Ir/c1-26-22-8-3-2-6-18(22)19-13-16(11-12-23(19)26)21-14-17-10-9-15-5-4-7-20(25-21)24(15)17;7-10(8,9)5-3-1-2-4-6-5;/h2-10,12-14H,1H3;1-4H,(H,7,8,9);/q-1;;. The van der Waals surface area contributed by atoms with Crippen LogP contribution in [0, 0.1) is 6.07 Å². The van der Waals surface area contributed by atoms with Crippen molar-refractivity contribution in [3.63, 3.8) is 0 Å². The van der Waals surface area contributed by atoms with Crippen molar-refractivity contribution in [2.45, 2.75) is 5.03 Å². The fraction of sp³-hybridized carbons (Fsp3) is 0.0345. The Kier molecular flexibility index (Phi) is 6.52. The van der Waals surface area contributed by atoms with E-state index in [-0.39, 0.29) is 25.1 Å². The van der Waals surface area contributed by atoms with Crippen LogP contribution in [0.15, 0.2) is 90.1 Å². The van der Waals surface area contributed by atoms with Crippen LogP contribution in [0.4, 0.5) is 0 Å². The number of rotatable bonds is 2. The number of nitrogens with zero attached hydrogens (tertiary/aromatic N) is 3. The zero-order valence-electron chi connectivity index (χ0n) is 19.6. The molecule has 0 spiro atoms. The van der Waals surface area contributed by atoms with E-state index in [1.807, 2.05) is 0 Å². The molecule has 0 unspecified atom stereocenters. The molecule has 0 saturated heterocycles. The molecule has 3 aromatic carbocycles. The van der Waals surface area contributed by atoms with Gasteiger partial charge in [-0.1, -0.05) is 60.0 Å². The molecule has 0 aliphatic heterocycles. The second kappa shape index (κ2) is 9.65. The first-order chi connectivity index (χ1) is 17.4. The minimum Gasteiger partial charge on any atom is -0.383 e. The van der Waals surface area contributed by atoms with Crippen molar-refractivity contribution in [2.75, 3.05) is 0 Å². The van der Waals surface area contributed by atoms with Gasteiger partial charge in [-0.2, -0.15) is 8.42 Å². The second-order valence-corrected chi connectivity index (χ2v) is 9.90. The van der Waals surface area contributed by atoms with Gasteiger partial charge in [-0.3, -0.25) is 9.54 Å². The third-order valence-corrected chi connectivity index (χ3v) is 7.13. The van der Waals surface area contributed by atoms with Crippen molar-refractivity contribution >= 4 is 55.0 Å². The normalized spacial score (nSPS) is 11.9. The van der Waals surface area contributed by atoms with E-state index in [0.29, 0.717) is 0 Å². The van der Waals surface area contributed by atoms with Crippen LogP contribution in [0.5, 0.6) is 0 Å². The van der Waals surface area contributed by atoms with Crippen molar-refractivity contribution < 1.29 is 33.1 Å². The summed E-state index contributed by atoms with van der Waals surface area (Å²) in [7, 11) is -2.00. The Bertz CT molecular complexity index is 1930. The molecule has 6 aromatic rings. The van der Waals surface area contributed by atoms with E-state index in [1.165, 1.54) is 56.6 Å². The first kappa shape index (κ1) is 25.0. The van der Waals surface area contributed by atoms with Crippen LogP contribution in [0.1, 0.15) is 11.1 Å². The average molecular weight is 683 g/mol. The summed E-state index contributed by atoms with van der Waals surface area (Å²) in [5, 5.41) is 3.45. The van der Waals surface area contributed by atoms with Crippen LogP contribution in [0.3, 0.4) is 0 Å². The minimum atomic E-state index is -4.11. The quantitative estimate of drug-likeness (QED) is 0.175. The van der Waals surface area contributed by atoms with Gasteiger partial charge in [-0.05, 0) is 52.0 Å². The molecular formula is C29H20IrN3O3S-. The van der Waals surface area contributed by atoms with Crippen molar-refractivity contribution in [1.29, 1.82) is 0 Å². The molecular weight excluding hydrogens is 663 g/mol. The molecule has 1 aliphatic carbocycles. The number of fused-ring (bicyclic) bond motifs is 3. The van der Waals surface area contributed by atoms with Crippen LogP contribution < -0.4 is 0 Å². The predicted molar refractivity (Wildman–Crippen MR) is 143 cm³/mol. The molecule has 3 aromatic heterocycles. The SMILES string of the molecule is Cn1c2c[c-]c(-c3cc4c5c(cccc5n3)C=C4)cc2c2ccccc21.O=S(=O)(O)c1ccccn1.[Ir]. The molecule has 3 heterocycles. The molecule has 1 N–H and O–H groups in total. The average Bonchev–Trinajstić information content (AvgIpc) is 3.44. The van der Waals surface area contributed by atoms with Gasteiger partial charge in [-0.15, -0.1) is 23.8 Å². The number of hydrogen-bond acceptors (Lipinski definition) is 4. The summed E-state index contributed by atoms with van der Waals surface area (Å²) in [6.07, 6.45) is 5.64. The summed E-state index contributed by atoms with van der Waals surface area (Å²) in [4.78, 5) is 8.33. The smallest absolute Gasteiger partial charge is 0.312 e. The van der Waals surface area contributed by atoms with Gasteiger partial charge in [0.25, 0.3) is 0 Å². The molecule has 6 nitrogen and oxygen atoms in total. The van der Waals surface area contributed by atoms with E-state index >= 15 is 0 Å². The maximum Gasteiger partial charge on any atom is 0.312 e. The molecule has 37 heavy (non-hydrogen) atoms. The second-order valence-electron chi connectivity index (χ2n) is 8.54. The minimum absolute atomic E-state index is 0. The van der Waals surface area contributed by atoms with Gasteiger partial charge in [-0.25, -0.2) is 4.98 Å². The monoisotopic (exact) mass is 683 g/mol. The number of benzene rings is 3. The molecule has 7 rings (SSSR count). The first-order valence-corrected chi connectivity index (χ1v) is 12.7. The van der Waals surface area contributed by atoms with Gasteiger partial charge in [0, 0.05) is 44.3 Å². The number of aromatic nitrogens is 3. The van der Waals surface area contributed by atoms with Gasteiger partial charge in [0.05, 0.1) is 5.52 Å². The summed E-state index contributed by atoms with van der Waals surface area (Å²) in [5.74, 6) is 0. The summed E-state index contributed by atoms with van der Waals surface area (Å²) in [6, 6.07) is 29.0. The van der Waals surface area contributed by atoms with Crippen molar-refractivity contribution in [1.82, 2.24) is 14.5 Å². The molecule has 0 saturated carbocycles. The van der Waals surface area contributed by atoms with Gasteiger partial charge < -0.3 is 4.57 Å². The summed E-state index contributed by atoms with van der Waals surface area (Å²) in [5.41, 5.74) is 8.00. The van der Waals surface area contributed by atoms with E-state index in [2.05, 4.69) is 95.5 Å². The topological polar surface area (TPSA) is 85.1 Å². The predicted octanol–water partition coefficient (Wildman–Crippen LogP) is 6.16. The molecule has 1 radical (unpaired) electrons. The van der Waals surface area contributed by atoms with Gasteiger partial charge in [0.15, 0.2) is 5.03 Å². The number of para-hydroxylation sites is 1. The van der Waals surface area contributed by atoms with Crippen molar-refractivity contribution in [3.8, 4) is 11.3 Å². The van der Waals surface area contributed by atoms with Crippen LogP contribution in [-0.4, -0.2) is 27.5 Å². The molecule has 8 heteroatoms. The molecule has 0 bridgehead atoms. The molecule has 0 amide bonds. The van der Waals surface area contributed by atoms with Gasteiger partial charge >= 0.3 is 10.1 Å². The summed E-state index contributed by atoms with van der Waals surface area (Å²) in [6.45, 7) is 0.